The van der Waals surface area contributed by atoms with E-state index in [0.717, 1.165) is 23.5 Å². The van der Waals surface area contributed by atoms with Gasteiger partial charge in [0.2, 0.25) is 0 Å². The number of aryl methyl sites for hydroxylation is 2. The van der Waals surface area contributed by atoms with E-state index in [-0.39, 0.29) is 6.04 Å². The van der Waals surface area contributed by atoms with Gasteiger partial charge in [0, 0.05) is 18.1 Å². The van der Waals surface area contributed by atoms with E-state index >= 15 is 0 Å². The number of nitrogens with zero attached hydrogens (tertiary/aromatic N) is 2. The molecule has 1 unspecified atom stereocenters. The Bertz CT molecular complexity index is 505. The second-order valence-corrected chi connectivity index (χ2v) is 4.48. The van der Waals surface area contributed by atoms with Crippen LogP contribution in [0.4, 0.5) is 0 Å². The highest BCUT2D eigenvalue weighted by Gasteiger charge is 2.14. The second kappa shape index (κ2) is 5.74. The molecular weight excluding hydrogens is 222 g/mol. The van der Waals surface area contributed by atoms with Crippen molar-refractivity contribution in [3.63, 3.8) is 0 Å². The molecule has 0 radical (unpaired) electrons. The van der Waals surface area contributed by atoms with Gasteiger partial charge >= 0.3 is 0 Å². The van der Waals surface area contributed by atoms with Gasteiger partial charge < -0.3 is 5.32 Å². The molecule has 0 saturated carbocycles. The Kier molecular flexibility index (Phi) is 4.05. The van der Waals surface area contributed by atoms with Crippen molar-refractivity contribution in [2.45, 2.75) is 26.8 Å². The SMILES string of the molecule is CCNC(c1ccc(C)nc1)c1cc(C)ccn1. The van der Waals surface area contributed by atoms with E-state index in [0.29, 0.717) is 0 Å². The van der Waals surface area contributed by atoms with Crippen molar-refractivity contribution in [3.8, 4) is 0 Å². The molecule has 2 heterocycles. The lowest BCUT2D eigenvalue weighted by Crippen LogP contribution is -2.23. The number of aromatic nitrogens is 2. The predicted molar refractivity (Wildman–Crippen MR) is 73.5 cm³/mol. The third kappa shape index (κ3) is 2.93. The van der Waals surface area contributed by atoms with Crippen LogP contribution < -0.4 is 5.32 Å². The molecule has 1 N–H and O–H groups in total. The van der Waals surface area contributed by atoms with E-state index in [1.165, 1.54) is 5.56 Å². The first-order valence-electron chi connectivity index (χ1n) is 6.29. The number of hydrogen-bond donors (Lipinski definition) is 1. The highest BCUT2D eigenvalue weighted by atomic mass is 14.9. The summed E-state index contributed by atoms with van der Waals surface area (Å²) in [7, 11) is 0. The van der Waals surface area contributed by atoms with Gasteiger partial charge in [0.05, 0.1) is 11.7 Å². The summed E-state index contributed by atoms with van der Waals surface area (Å²) in [5.74, 6) is 0. The molecule has 2 aromatic heterocycles. The Balaban J connectivity index is 2.36. The Morgan fingerprint density at radius 2 is 2.00 bits per heavy atom. The smallest absolute Gasteiger partial charge is 0.0766 e. The molecule has 2 rings (SSSR count). The minimum absolute atomic E-state index is 0.114. The zero-order chi connectivity index (χ0) is 13.0. The standard InChI is InChI=1S/C15H19N3/c1-4-16-15(13-6-5-12(3)18-10-13)14-9-11(2)7-8-17-14/h5-10,15-16H,4H2,1-3H3. The Labute approximate surface area is 108 Å². The van der Waals surface area contributed by atoms with Crippen LogP contribution in [0, 0.1) is 13.8 Å². The van der Waals surface area contributed by atoms with Crippen molar-refractivity contribution in [1.29, 1.82) is 0 Å². The minimum Gasteiger partial charge on any atom is -0.305 e. The molecule has 94 valence electrons. The van der Waals surface area contributed by atoms with Crippen molar-refractivity contribution < 1.29 is 0 Å². The number of pyridine rings is 2. The normalized spacial score (nSPS) is 12.4. The van der Waals surface area contributed by atoms with Crippen LogP contribution in [-0.2, 0) is 0 Å². The molecular formula is C15H19N3. The first-order valence-corrected chi connectivity index (χ1v) is 6.29. The van der Waals surface area contributed by atoms with Gasteiger partial charge in [-0.3, -0.25) is 9.97 Å². The lowest BCUT2D eigenvalue weighted by atomic mass is 10.0. The molecule has 3 heteroatoms. The van der Waals surface area contributed by atoms with Gasteiger partial charge in [0.1, 0.15) is 0 Å². The van der Waals surface area contributed by atoms with Crippen molar-refractivity contribution in [2.75, 3.05) is 6.54 Å². The molecule has 0 aliphatic rings. The van der Waals surface area contributed by atoms with Gasteiger partial charge in [-0.25, -0.2) is 0 Å². The molecule has 0 fully saturated rings. The van der Waals surface area contributed by atoms with Gasteiger partial charge in [0.15, 0.2) is 0 Å². The van der Waals surface area contributed by atoms with E-state index in [9.17, 15) is 0 Å². The zero-order valence-corrected chi connectivity index (χ0v) is 11.1. The summed E-state index contributed by atoms with van der Waals surface area (Å²) < 4.78 is 0. The molecule has 0 aromatic carbocycles. The van der Waals surface area contributed by atoms with E-state index in [4.69, 9.17) is 0 Å². The van der Waals surface area contributed by atoms with Crippen LogP contribution in [0.3, 0.4) is 0 Å². The van der Waals surface area contributed by atoms with Gasteiger partial charge in [0.25, 0.3) is 0 Å². The first-order chi connectivity index (χ1) is 8.70. The molecule has 0 spiro atoms. The maximum atomic E-state index is 4.47. The van der Waals surface area contributed by atoms with Crippen LogP contribution in [-0.4, -0.2) is 16.5 Å². The molecule has 0 saturated heterocycles. The van der Waals surface area contributed by atoms with Gasteiger partial charge in [-0.05, 0) is 49.7 Å². The number of hydrogen-bond acceptors (Lipinski definition) is 3. The maximum absolute atomic E-state index is 4.47. The summed E-state index contributed by atoms with van der Waals surface area (Å²) in [5, 5.41) is 3.46. The minimum atomic E-state index is 0.114. The molecule has 18 heavy (non-hydrogen) atoms. The van der Waals surface area contributed by atoms with Gasteiger partial charge in [-0.2, -0.15) is 0 Å². The Morgan fingerprint density at radius 3 is 2.61 bits per heavy atom. The van der Waals surface area contributed by atoms with E-state index in [2.05, 4.69) is 41.3 Å². The molecule has 0 aliphatic heterocycles. The summed E-state index contributed by atoms with van der Waals surface area (Å²) in [4.78, 5) is 8.83. The quantitative estimate of drug-likeness (QED) is 0.894. The fraction of sp³-hybridized carbons (Fsp3) is 0.333. The van der Waals surface area contributed by atoms with Crippen LogP contribution in [0.2, 0.25) is 0 Å². The predicted octanol–water partition coefficient (Wildman–Crippen LogP) is 2.79. The zero-order valence-electron chi connectivity index (χ0n) is 11.1. The molecule has 0 amide bonds. The van der Waals surface area contributed by atoms with E-state index in [1.807, 2.05) is 31.5 Å². The summed E-state index contributed by atoms with van der Waals surface area (Å²) in [6, 6.07) is 8.39. The van der Waals surface area contributed by atoms with Crippen LogP contribution in [0.1, 0.15) is 35.5 Å². The van der Waals surface area contributed by atoms with Crippen molar-refractivity contribution in [3.05, 3.63) is 59.2 Å². The maximum Gasteiger partial charge on any atom is 0.0766 e. The molecule has 1 atom stereocenters. The fourth-order valence-corrected chi connectivity index (χ4v) is 1.96. The average molecular weight is 241 g/mol. The summed E-state index contributed by atoms with van der Waals surface area (Å²) in [6.45, 7) is 7.08. The highest BCUT2D eigenvalue weighted by Crippen LogP contribution is 2.20. The molecule has 3 nitrogen and oxygen atoms in total. The van der Waals surface area contributed by atoms with E-state index < -0.39 is 0 Å². The first kappa shape index (κ1) is 12.7. The van der Waals surface area contributed by atoms with Crippen molar-refractivity contribution in [2.24, 2.45) is 0 Å². The van der Waals surface area contributed by atoms with E-state index in [1.54, 1.807) is 0 Å². The van der Waals surface area contributed by atoms with Gasteiger partial charge in [-0.1, -0.05) is 13.0 Å². The second-order valence-electron chi connectivity index (χ2n) is 4.48. The Morgan fingerprint density at radius 1 is 1.17 bits per heavy atom. The van der Waals surface area contributed by atoms with Crippen LogP contribution in [0.25, 0.3) is 0 Å². The van der Waals surface area contributed by atoms with Crippen molar-refractivity contribution in [1.82, 2.24) is 15.3 Å². The molecule has 0 aliphatic carbocycles. The van der Waals surface area contributed by atoms with Crippen LogP contribution in [0.15, 0.2) is 36.7 Å². The van der Waals surface area contributed by atoms with Crippen LogP contribution >= 0.6 is 0 Å². The van der Waals surface area contributed by atoms with Gasteiger partial charge in [-0.15, -0.1) is 0 Å². The molecule has 2 aromatic rings. The summed E-state index contributed by atoms with van der Waals surface area (Å²) >= 11 is 0. The summed E-state index contributed by atoms with van der Waals surface area (Å²) in [5.41, 5.74) is 4.46. The largest absolute Gasteiger partial charge is 0.305 e. The third-order valence-corrected chi connectivity index (χ3v) is 2.91. The topological polar surface area (TPSA) is 37.8 Å². The lowest BCUT2D eigenvalue weighted by molar-refractivity contribution is 0.613. The third-order valence-electron chi connectivity index (χ3n) is 2.91. The highest BCUT2D eigenvalue weighted by molar-refractivity contribution is 5.28. The fourth-order valence-electron chi connectivity index (χ4n) is 1.96. The Hall–Kier alpha value is -1.74. The van der Waals surface area contributed by atoms with Crippen LogP contribution in [0.5, 0.6) is 0 Å². The lowest BCUT2D eigenvalue weighted by Gasteiger charge is -2.18. The van der Waals surface area contributed by atoms with Crippen molar-refractivity contribution >= 4 is 0 Å². The molecule has 0 bridgehead atoms. The summed E-state index contributed by atoms with van der Waals surface area (Å²) in [6.07, 6.45) is 3.78. The monoisotopic (exact) mass is 241 g/mol. The number of nitrogens with one attached hydrogen (secondary N) is 1. The average Bonchev–Trinajstić information content (AvgIpc) is 2.37. The number of rotatable bonds is 4.